The maximum Gasteiger partial charge on any atom is 0.257 e. The first kappa shape index (κ1) is 20.1. The highest BCUT2D eigenvalue weighted by atomic mass is 16.5. The number of carbonyl (C=O) groups excluding carboxylic acids is 1. The van der Waals surface area contributed by atoms with Crippen molar-refractivity contribution in [2.24, 2.45) is 12.0 Å². The third-order valence-corrected chi connectivity index (χ3v) is 4.68. The predicted molar refractivity (Wildman–Crippen MR) is 114 cm³/mol. The summed E-state index contributed by atoms with van der Waals surface area (Å²) in [5.74, 6) is 0.750. The maximum absolute atomic E-state index is 12.7. The van der Waals surface area contributed by atoms with Crippen LogP contribution >= 0.6 is 0 Å². The van der Waals surface area contributed by atoms with Crippen LogP contribution in [0, 0.1) is 13.8 Å². The Morgan fingerprint density at radius 3 is 2.45 bits per heavy atom. The summed E-state index contributed by atoms with van der Waals surface area (Å²) >= 11 is 0. The molecule has 1 heterocycles. The normalized spacial score (nSPS) is 11.2. The number of nitrogens with one attached hydrogen (secondary N) is 2. The summed E-state index contributed by atoms with van der Waals surface area (Å²) in [6.07, 6.45) is 0. The van der Waals surface area contributed by atoms with Gasteiger partial charge in [0, 0.05) is 23.9 Å². The Balaban J connectivity index is 1.89. The van der Waals surface area contributed by atoms with Crippen molar-refractivity contribution in [3.63, 3.8) is 0 Å². The number of nitrogens with zero attached hydrogens (tertiary/aromatic N) is 3. The van der Waals surface area contributed by atoms with E-state index >= 15 is 0 Å². The number of guanidine groups is 1. The number of hydrogen-bond donors (Lipinski definition) is 2. The molecule has 0 bridgehead atoms. The van der Waals surface area contributed by atoms with E-state index in [-0.39, 0.29) is 5.91 Å². The summed E-state index contributed by atoms with van der Waals surface area (Å²) in [5, 5.41) is 10.5. The van der Waals surface area contributed by atoms with Gasteiger partial charge in [-0.1, -0.05) is 30.3 Å². The number of methoxy groups -OCH3 is 1. The van der Waals surface area contributed by atoms with Gasteiger partial charge in [-0.2, -0.15) is 5.10 Å². The lowest BCUT2D eigenvalue weighted by atomic mass is 10.2. The van der Waals surface area contributed by atoms with Crippen molar-refractivity contribution < 1.29 is 9.53 Å². The topological polar surface area (TPSA) is 80.5 Å². The van der Waals surface area contributed by atoms with Gasteiger partial charge in [-0.25, -0.2) is 4.99 Å². The van der Waals surface area contributed by atoms with Gasteiger partial charge in [-0.15, -0.1) is 0 Å². The number of ether oxygens (including phenoxy) is 1. The zero-order chi connectivity index (χ0) is 20.8. The molecule has 0 aliphatic carbocycles. The highest BCUT2D eigenvalue weighted by Gasteiger charge is 2.13. The minimum Gasteiger partial charge on any atom is -0.495 e. The summed E-state index contributed by atoms with van der Waals surface area (Å²) in [4.78, 5) is 17.3. The second-order valence-corrected chi connectivity index (χ2v) is 6.58. The molecule has 7 nitrogen and oxygen atoms in total. The molecule has 2 N–H and O–H groups in total. The lowest BCUT2D eigenvalue weighted by molar-refractivity contribution is 0.0977. The van der Waals surface area contributed by atoms with Crippen LogP contribution in [-0.2, 0) is 13.6 Å². The van der Waals surface area contributed by atoms with Gasteiger partial charge in [0.05, 0.1) is 25.0 Å². The van der Waals surface area contributed by atoms with Crippen molar-refractivity contribution in [2.45, 2.75) is 20.4 Å². The first-order valence-corrected chi connectivity index (χ1v) is 9.29. The number of amides is 1. The minimum absolute atomic E-state index is 0.244. The molecule has 0 saturated heterocycles. The molecule has 1 aromatic heterocycles. The fraction of sp³-hybridized carbons (Fsp3) is 0.227. The van der Waals surface area contributed by atoms with Gasteiger partial charge in [0.2, 0.25) is 5.96 Å². The number of para-hydroxylation sites is 2. The Morgan fingerprint density at radius 2 is 1.79 bits per heavy atom. The van der Waals surface area contributed by atoms with E-state index in [0.717, 1.165) is 17.0 Å². The molecule has 0 spiro atoms. The van der Waals surface area contributed by atoms with Crippen LogP contribution in [0.25, 0.3) is 0 Å². The Labute approximate surface area is 170 Å². The van der Waals surface area contributed by atoms with Gasteiger partial charge >= 0.3 is 0 Å². The van der Waals surface area contributed by atoms with Crippen molar-refractivity contribution in [1.82, 2.24) is 15.1 Å². The average molecular weight is 391 g/mol. The molecule has 0 saturated carbocycles. The lowest BCUT2D eigenvalue weighted by Crippen LogP contribution is -2.36. The largest absolute Gasteiger partial charge is 0.495 e. The van der Waals surface area contributed by atoms with Gasteiger partial charge in [0.1, 0.15) is 5.75 Å². The summed E-state index contributed by atoms with van der Waals surface area (Å²) in [6.45, 7) is 4.34. The van der Waals surface area contributed by atoms with E-state index < -0.39 is 0 Å². The summed E-state index contributed by atoms with van der Waals surface area (Å²) in [6, 6.07) is 16.5. The van der Waals surface area contributed by atoms with Crippen molar-refractivity contribution >= 4 is 17.6 Å². The van der Waals surface area contributed by atoms with E-state index in [2.05, 4.69) is 20.7 Å². The van der Waals surface area contributed by atoms with Crippen LogP contribution in [0.2, 0.25) is 0 Å². The molecule has 1 amide bonds. The highest BCUT2D eigenvalue weighted by Crippen LogP contribution is 2.23. The van der Waals surface area contributed by atoms with Gasteiger partial charge in [-0.3, -0.25) is 14.8 Å². The van der Waals surface area contributed by atoms with Crippen LogP contribution in [0.4, 0.5) is 5.69 Å². The average Bonchev–Trinajstić information content (AvgIpc) is 2.98. The molecule has 7 heteroatoms. The SMILES string of the molecule is COc1ccccc1NC(=NCc1c(C)nn(C)c1C)NC(=O)c1ccccc1. The molecule has 3 rings (SSSR count). The number of aliphatic imine (C=N–C) groups is 1. The van der Waals surface area contributed by atoms with Crippen LogP contribution < -0.4 is 15.4 Å². The molecule has 0 unspecified atom stereocenters. The molecule has 0 aliphatic heterocycles. The lowest BCUT2D eigenvalue weighted by Gasteiger charge is -2.14. The van der Waals surface area contributed by atoms with E-state index in [0.29, 0.717) is 29.5 Å². The van der Waals surface area contributed by atoms with E-state index in [1.165, 1.54) is 0 Å². The molecule has 3 aromatic rings. The second kappa shape index (κ2) is 9.05. The van der Waals surface area contributed by atoms with Crippen LogP contribution in [-0.4, -0.2) is 28.8 Å². The molecule has 150 valence electrons. The number of aromatic nitrogens is 2. The first-order chi connectivity index (χ1) is 14.0. The van der Waals surface area contributed by atoms with E-state index in [1.54, 1.807) is 19.2 Å². The summed E-state index contributed by atoms with van der Waals surface area (Å²) < 4.78 is 7.23. The van der Waals surface area contributed by atoms with Gasteiger partial charge in [-0.05, 0) is 38.1 Å². The molecule has 0 radical (unpaired) electrons. The highest BCUT2D eigenvalue weighted by molar-refractivity contribution is 6.10. The quantitative estimate of drug-likeness (QED) is 0.516. The third kappa shape index (κ3) is 4.82. The Morgan fingerprint density at radius 1 is 1.10 bits per heavy atom. The Bertz CT molecular complexity index is 1020. The first-order valence-electron chi connectivity index (χ1n) is 9.29. The number of anilines is 1. The Hall–Kier alpha value is -3.61. The molecule has 0 aliphatic rings. The molecule has 0 fully saturated rings. The fourth-order valence-electron chi connectivity index (χ4n) is 2.96. The van der Waals surface area contributed by atoms with Gasteiger partial charge < -0.3 is 10.1 Å². The smallest absolute Gasteiger partial charge is 0.257 e. The maximum atomic E-state index is 12.7. The predicted octanol–water partition coefficient (Wildman–Crippen LogP) is 3.44. The van der Waals surface area contributed by atoms with Crippen molar-refractivity contribution in [3.05, 3.63) is 77.1 Å². The third-order valence-electron chi connectivity index (χ3n) is 4.68. The van der Waals surface area contributed by atoms with Crippen LogP contribution in [0.1, 0.15) is 27.3 Å². The van der Waals surface area contributed by atoms with E-state index in [9.17, 15) is 4.79 Å². The van der Waals surface area contributed by atoms with Crippen molar-refractivity contribution in [1.29, 1.82) is 0 Å². The van der Waals surface area contributed by atoms with Gasteiger partial charge in [0.15, 0.2) is 0 Å². The number of carbonyl (C=O) groups is 1. The zero-order valence-electron chi connectivity index (χ0n) is 17.1. The number of rotatable bonds is 5. The second-order valence-electron chi connectivity index (χ2n) is 6.58. The summed E-state index contributed by atoms with van der Waals surface area (Å²) in [7, 11) is 3.50. The fourth-order valence-corrected chi connectivity index (χ4v) is 2.96. The van der Waals surface area contributed by atoms with Crippen molar-refractivity contribution in [2.75, 3.05) is 12.4 Å². The standard InChI is InChI=1S/C22H25N5O2/c1-15-18(16(2)27(3)26-15)14-23-22(24-19-12-8-9-13-20(19)29-4)25-21(28)17-10-6-5-7-11-17/h5-13H,14H2,1-4H3,(H2,23,24,25,28). The van der Waals surface area contributed by atoms with Crippen LogP contribution in [0.3, 0.4) is 0 Å². The molecule has 2 aromatic carbocycles. The minimum atomic E-state index is -0.244. The number of aryl methyl sites for hydroxylation is 2. The van der Waals surface area contributed by atoms with E-state index in [4.69, 9.17) is 4.74 Å². The summed E-state index contributed by atoms with van der Waals surface area (Å²) in [5.41, 5.74) is 4.25. The van der Waals surface area contributed by atoms with E-state index in [1.807, 2.05) is 68.0 Å². The Kier molecular flexibility index (Phi) is 6.29. The van der Waals surface area contributed by atoms with Crippen molar-refractivity contribution in [3.8, 4) is 5.75 Å². The van der Waals surface area contributed by atoms with Gasteiger partial charge in [0.25, 0.3) is 5.91 Å². The molecular weight excluding hydrogens is 366 g/mol. The van der Waals surface area contributed by atoms with Crippen LogP contribution in [0.15, 0.2) is 59.6 Å². The molecule has 29 heavy (non-hydrogen) atoms. The number of benzene rings is 2. The zero-order valence-corrected chi connectivity index (χ0v) is 17.1. The molecular formula is C22H25N5O2. The molecule has 0 atom stereocenters. The monoisotopic (exact) mass is 391 g/mol. The number of hydrogen-bond acceptors (Lipinski definition) is 4. The van der Waals surface area contributed by atoms with Crippen LogP contribution in [0.5, 0.6) is 5.75 Å².